The first kappa shape index (κ1) is 17.3. The van der Waals surface area contributed by atoms with Crippen LogP contribution in [-0.2, 0) is 11.4 Å². The van der Waals surface area contributed by atoms with Crippen molar-refractivity contribution in [3.8, 4) is 5.75 Å². The summed E-state index contributed by atoms with van der Waals surface area (Å²) in [6.07, 6.45) is 1.79. The van der Waals surface area contributed by atoms with Crippen molar-refractivity contribution in [1.82, 2.24) is 5.32 Å². The molecule has 1 N–H and O–H groups in total. The first-order chi connectivity index (χ1) is 11.5. The Balaban J connectivity index is 1.68. The Morgan fingerprint density at radius 1 is 1.12 bits per heavy atom. The van der Waals surface area contributed by atoms with Gasteiger partial charge in [0.2, 0.25) is 0 Å². The number of halogens is 2. The number of thiocarbonyl (C=S) groups is 1. The van der Waals surface area contributed by atoms with Crippen LogP contribution in [0.3, 0.4) is 0 Å². The molecular weight excluding hydrogens is 385 g/mol. The topological polar surface area (TPSA) is 38.3 Å². The third-order valence-corrected chi connectivity index (χ3v) is 5.14. The van der Waals surface area contributed by atoms with Gasteiger partial charge in [-0.2, -0.15) is 0 Å². The third-order valence-electron chi connectivity index (χ3n) is 3.26. The van der Waals surface area contributed by atoms with E-state index >= 15 is 0 Å². The van der Waals surface area contributed by atoms with Crippen molar-refractivity contribution in [2.75, 3.05) is 0 Å². The Hall–Kier alpha value is -1.53. The van der Waals surface area contributed by atoms with Gasteiger partial charge in [0.25, 0.3) is 5.91 Å². The molecule has 122 valence electrons. The first-order valence-electron chi connectivity index (χ1n) is 6.93. The largest absolute Gasteiger partial charge is 0.489 e. The van der Waals surface area contributed by atoms with Crippen LogP contribution in [-0.4, -0.2) is 10.2 Å². The van der Waals surface area contributed by atoms with Gasteiger partial charge in [-0.3, -0.25) is 4.79 Å². The Labute approximate surface area is 159 Å². The molecule has 3 rings (SSSR count). The van der Waals surface area contributed by atoms with Crippen molar-refractivity contribution in [3.63, 3.8) is 0 Å². The maximum Gasteiger partial charge on any atom is 0.263 e. The van der Waals surface area contributed by atoms with Gasteiger partial charge in [-0.05, 0) is 35.9 Å². The molecule has 0 aromatic heterocycles. The van der Waals surface area contributed by atoms with Gasteiger partial charge in [-0.1, -0.05) is 65.4 Å². The van der Waals surface area contributed by atoms with Crippen molar-refractivity contribution < 1.29 is 9.53 Å². The summed E-state index contributed by atoms with van der Waals surface area (Å²) in [6, 6.07) is 12.7. The van der Waals surface area contributed by atoms with Gasteiger partial charge < -0.3 is 10.1 Å². The molecule has 1 aliphatic heterocycles. The Morgan fingerprint density at radius 2 is 1.79 bits per heavy atom. The molecule has 1 amide bonds. The number of hydrogen-bond acceptors (Lipinski definition) is 4. The number of carbonyl (C=O) groups excluding carboxylic acids is 1. The molecule has 1 fully saturated rings. The fourth-order valence-electron chi connectivity index (χ4n) is 2.06. The number of rotatable bonds is 4. The molecule has 0 unspecified atom stereocenters. The molecular formula is C17H11Cl2NO2S2. The highest BCUT2D eigenvalue weighted by molar-refractivity contribution is 8.26. The quantitative estimate of drug-likeness (QED) is 0.579. The predicted molar refractivity (Wildman–Crippen MR) is 104 cm³/mol. The van der Waals surface area contributed by atoms with E-state index in [1.54, 1.807) is 24.3 Å². The molecule has 1 saturated heterocycles. The highest BCUT2D eigenvalue weighted by atomic mass is 35.5. The van der Waals surface area contributed by atoms with E-state index in [4.69, 9.17) is 40.2 Å². The fraction of sp³-hybridized carbons (Fsp3) is 0.0588. The van der Waals surface area contributed by atoms with Crippen LogP contribution in [0, 0.1) is 0 Å². The summed E-state index contributed by atoms with van der Waals surface area (Å²) in [7, 11) is 0. The minimum atomic E-state index is -0.168. The lowest BCUT2D eigenvalue weighted by Crippen LogP contribution is -2.17. The lowest BCUT2D eigenvalue weighted by Gasteiger charge is -2.09. The van der Waals surface area contributed by atoms with Crippen LogP contribution in [0.2, 0.25) is 10.0 Å². The molecule has 2 aromatic carbocycles. The summed E-state index contributed by atoms with van der Waals surface area (Å²) in [5.74, 6) is 0.519. The maximum atomic E-state index is 11.6. The SMILES string of the molecule is O=C1NC(=S)S/C1=C\c1ccc(OCc2c(Cl)cccc2Cl)cc1. The molecule has 0 aliphatic carbocycles. The molecule has 24 heavy (non-hydrogen) atoms. The number of hydrogen-bond donors (Lipinski definition) is 1. The summed E-state index contributed by atoms with van der Waals surface area (Å²) < 4.78 is 6.20. The predicted octanol–water partition coefficient (Wildman–Crippen LogP) is 5.06. The minimum absolute atomic E-state index is 0.168. The maximum absolute atomic E-state index is 11.6. The zero-order valence-corrected chi connectivity index (χ0v) is 15.4. The van der Waals surface area contributed by atoms with Crippen molar-refractivity contribution >= 4 is 63.5 Å². The van der Waals surface area contributed by atoms with Crippen LogP contribution in [0.15, 0.2) is 47.4 Å². The van der Waals surface area contributed by atoms with Crippen molar-refractivity contribution in [1.29, 1.82) is 0 Å². The van der Waals surface area contributed by atoms with E-state index in [0.717, 1.165) is 11.1 Å². The number of benzene rings is 2. The molecule has 0 bridgehead atoms. The van der Waals surface area contributed by atoms with E-state index in [-0.39, 0.29) is 12.5 Å². The van der Waals surface area contributed by atoms with Gasteiger partial charge in [0, 0.05) is 15.6 Å². The molecule has 3 nitrogen and oxygen atoms in total. The molecule has 1 heterocycles. The van der Waals surface area contributed by atoms with Crippen molar-refractivity contribution in [2.24, 2.45) is 0 Å². The number of carbonyl (C=O) groups is 1. The Kier molecular flexibility index (Phi) is 5.46. The first-order valence-corrected chi connectivity index (χ1v) is 8.91. The van der Waals surface area contributed by atoms with E-state index in [9.17, 15) is 4.79 Å². The highest BCUT2D eigenvalue weighted by Crippen LogP contribution is 2.28. The van der Waals surface area contributed by atoms with Crippen LogP contribution in [0.5, 0.6) is 5.75 Å². The van der Waals surface area contributed by atoms with Gasteiger partial charge in [0.1, 0.15) is 16.7 Å². The van der Waals surface area contributed by atoms with E-state index in [1.165, 1.54) is 11.8 Å². The van der Waals surface area contributed by atoms with Gasteiger partial charge in [0.05, 0.1) is 4.91 Å². The summed E-state index contributed by atoms with van der Waals surface area (Å²) in [6.45, 7) is 0.283. The number of ether oxygens (including phenoxy) is 1. The average Bonchev–Trinajstić information content (AvgIpc) is 2.86. The smallest absolute Gasteiger partial charge is 0.263 e. The van der Waals surface area contributed by atoms with Crippen molar-refractivity contribution in [3.05, 3.63) is 68.5 Å². The fourth-order valence-corrected chi connectivity index (χ4v) is 3.61. The lowest BCUT2D eigenvalue weighted by molar-refractivity contribution is -0.115. The Bertz CT molecular complexity index is 815. The standard InChI is InChI=1S/C17H11Cl2NO2S2/c18-13-2-1-3-14(19)12(13)9-22-11-6-4-10(5-7-11)8-15-16(21)20-17(23)24-15/h1-8H,9H2,(H,20,21,23)/b15-8-. The number of nitrogens with one attached hydrogen (secondary N) is 1. The second-order valence-corrected chi connectivity index (χ2v) is 7.44. The summed E-state index contributed by atoms with van der Waals surface area (Å²) in [5, 5.41) is 3.73. The van der Waals surface area contributed by atoms with E-state index in [0.29, 0.717) is 25.0 Å². The van der Waals surface area contributed by atoms with E-state index in [2.05, 4.69) is 5.32 Å². The van der Waals surface area contributed by atoms with Gasteiger partial charge in [0.15, 0.2) is 0 Å². The molecule has 7 heteroatoms. The minimum Gasteiger partial charge on any atom is -0.489 e. The van der Waals surface area contributed by atoms with Crippen LogP contribution in [0.25, 0.3) is 6.08 Å². The Morgan fingerprint density at radius 3 is 2.38 bits per heavy atom. The van der Waals surface area contributed by atoms with Gasteiger partial charge >= 0.3 is 0 Å². The normalized spacial score (nSPS) is 15.7. The molecule has 2 aromatic rings. The highest BCUT2D eigenvalue weighted by Gasteiger charge is 2.21. The molecule has 1 aliphatic rings. The second kappa shape index (κ2) is 7.57. The second-order valence-electron chi connectivity index (χ2n) is 4.91. The van der Waals surface area contributed by atoms with Crippen molar-refractivity contribution in [2.45, 2.75) is 6.61 Å². The van der Waals surface area contributed by atoms with E-state index < -0.39 is 0 Å². The van der Waals surface area contributed by atoms with Gasteiger partial charge in [-0.15, -0.1) is 0 Å². The third kappa shape index (κ3) is 4.11. The zero-order valence-electron chi connectivity index (χ0n) is 12.2. The average molecular weight is 396 g/mol. The monoisotopic (exact) mass is 395 g/mol. The number of amides is 1. The summed E-state index contributed by atoms with van der Waals surface area (Å²) in [4.78, 5) is 12.2. The van der Waals surface area contributed by atoms with Crippen LogP contribution >= 0.6 is 47.2 Å². The molecule has 0 atom stereocenters. The molecule has 0 saturated carbocycles. The molecule has 0 spiro atoms. The molecule has 0 radical (unpaired) electrons. The number of thioether (sulfide) groups is 1. The zero-order chi connectivity index (χ0) is 17.1. The summed E-state index contributed by atoms with van der Waals surface area (Å²) >= 11 is 18.5. The van der Waals surface area contributed by atoms with Gasteiger partial charge in [-0.25, -0.2) is 0 Å². The van der Waals surface area contributed by atoms with Crippen LogP contribution in [0.4, 0.5) is 0 Å². The van der Waals surface area contributed by atoms with E-state index in [1.807, 2.05) is 24.3 Å². The van der Waals surface area contributed by atoms with Crippen LogP contribution in [0.1, 0.15) is 11.1 Å². The van der Waals surface area contributed by atoms with Crippen LogP contribution < -0.4 is 10.1 Å². The lowest BCUT2D eigenvalue weighted by atomic mass is 10.2. The summed E-state index contributed by atoms with van der Waals surface area (Å²) in [5.41, 5.74) is 1.64.